The molecule has 0 atom stereocenters. The molecule has 1 aliphatic rings. The minimum atomic E-state index is -0.173. The normalized spacial score (nSPS) is 13.0. The summed E-state index contributed by atoms with van der Waals surface area (Å²) in [5, 5.41) is 5.01. The van der Waals surface area contributed by atoms with Gasteiger partial charge in [0.15, 0.2) is 17.5 Å². The smallest absolute Gasteiger partial charge is 0.164 e. The molecule has 1 aliphatic carbocycles. The average Bonchev–Trinajstić information content (AvgIpc) is 3.70. The Hall–Kier alpha value is -7.17. The van der Waals surface area contributed by atoms with Gasteiger partial charge >= 0.3 is 0 Å². The van der Waals surface area contributed by atoms with E-state index >= 15 is 0 Å². The molecular formula is C52H36N4. The number of hydrogen-bond donors (Lipinski definition) is 0. The van der Waals surface area contributed by atoms with Crippen LogP contribution in [-0.2, 0) is 5.41 Å². The van der Waals surface area contributed by atoms with Gasteiger partial charge in [-0.3, -0.25) is 0 Å². The molecule has 0 bridgehead atoms. The molecule has 10 aromatic rings. The zero-order chi connectivity index (χ0) is 37.4. The second-order valence-electron chi connectivity index (χ2n) is 15.3. The number of benzene rings is 8. The average molecular weight is 717 g/mol. The molecule has 11 rings (SSSR count). The number of aromatic nitrogens is 4. The Morgan fingerprint density at radius 1 is 0.375 bits per heavy atom. The SMILES string of the molecule is CC1(C)c2cc3ccccc3cc2-c2cc3c4ccccc4n(-c4cc(-c5ccccc5)cc(-c5nc(-c6ccccc6)nc(-c6ccccc6)n5)c4)c3cc21. The first-order chi connectivity index (χ1) is 27.5. The van der Waals surface area contributed by atoms with Gasteiger partial charge in [-0.05, 0) is 92.7 Å². The predicted octanol–water partition coefficient (Wildman–Crippen LogP) is 13.1. The van der Waals surface area contributed by atoms with Crippen molar-refractivity contribution >= 4 is 32.6 Å². The van der Waals surface area contributed by atoms with E-state index in [0.717, 1.165) is 39.0 Å². The minimum absolute atomic E-state index is 0.173. The molecular weight excluding hydrogens is 681 g/mol. The van der Waals surface area contributed by atoms with Crippen molar-refractivity contribution in [3.8, 4) is 62.1 Å². The second kappa shape index (κ2) is 12.4. The maximum atomic E-state index is 5.16. The van der Waals surface area contributed by atoms with Gasteiger partial charge in [-0.2, -0.15) is 0 Å². The summed E-state index contributed by atoms with van der Waals surface area (Å²) in [6, 6.07) is 64.9. The van der Waals surface area contributed by atoms with Crippen LogP contribution in [-0.4, -0.2) is 19.5 Å². The van der Waals surface area contributed by atoms with Crippen molar-refractivity contribution in [1.29, 1.82) is 0 Å². The summed E-state index contributed by atoms with van der Waals surface area (Å²) in [4.78, 5) is 15.3. The molecule has 2 aromatic heterocycles. The van der Waals surface area contributed by atoms with E-state index in [1.165, 1.54) is 49.3 Å². The number of fused-ring (bicyclic) bond motifs is 7. The minimum Gasteiger partial charge on any atom is -0.309 e. The maximum Gasteiger partial charge on any atom is 0.164 e. The molecule has 56 heavy (non-hydrogen) atoms. The zero-order valence-corrected chi connectivity index (χ0v) is 31.1. The molecule has 0 aliphatic heterocycles. The van der Waals surface area contributed by atoms with Gasteiger partial charge in [0.1, 0.15) is 0 Å². The van der Waals surface area contributed by atoms with Crippen LogP contribution in [0.3, 0.4) is 0 Å². The van der Waals surface area contributed by atoms with E-state index in [4.69, 9.17) is 15.0 Å². The number of nitrogens with zero attached hydrogens (tertiary/aromatic N) is 4. The van der Waals surface area contributed by atoms with E-state index < -0.39 is 0 Å². The van der Waals surface area contributed by atoms with Gasteiger partial charge in [-0.1, -0.05) is 147 Å². The Morgan fingerprint density at radius 2 is 0.875 bits per heavy atom. The topological polar surface area (TPSA) is 43.6 Å². The molecule has 4 heteroatoms. The molecule has 8 aromatic carbocycles. The van der Waals surface area contributed by atoms with E-state index in [-0.39, 0.29) is 5.41 Å². The maximum absolute atomic E-state index is 5.16. The van der Waals surface area contributed by atoms with Gasteiger partial charge in [0, 0.05) is 38.6 Å². The highest BCUT2D eigenvalue weighted by Crippen LogP contribution is 2.52. The predicted molar refractivity (Wildman–Crippen MR) is 231 cm³/mol. The van der Waals surface area contributed by atoms with Crippen molar-refractivity contribution in [1.82, 2.24) is 19.5 Å². The van der Waals surface area contributed by atoms with Crippen LogP contribution >= 0.6 is 0 Å². The van der Waals surface area contributed by atoms with Crippen LogP contribution in [0.1, 0.15) is 25.0 Å². The lowest BCUT2D eigenvalue weighted by Crippen LogP contribution is -2.15. The van der Waals surface area contributed by atoms with Gasteiger partial charge in [0.2, 0.25) is 0 Å². The zero-order valence-electron chi connectivity index (χ0n) is 31.1. The van der Waals surface area contributed by atoms with Crippen LogP contribution < -0.4 is 0 Å². The summed E-state index contributed by atoms with van der Waals surface area (Å²) < 4.78 is 2.44. The third kappa shape index (κ3) is 5.10. The summed E-state index contributed by atoms with van der Waals surface area (Å²) in [5.74, 6) is 1.91. The van der Waals surface area contributed by atoms with E-state index in [0.29, 0.717) is 17.5 Å². The van der Waals surface area contributed by atoms with Crippen LogP contribution in [0, 0.1) is 0 Å². The molecule has 264 valence electrons. The molecule has 0 spiro atoms. The highest BCUT2D eigenvalue weighted by Gasteiger charge is 2.37. The molecule has 0 amide bonds. The van der Waals surface area contributed by atoms with E-state index in [1.807, 2.05) is 36.4 Å². The summed E-state index contributed by atoms with van der Waals surface area (Å²) in [6.45, 7) is 4.74. The van der Waals surface area contributed by atoms with E-state index in [1.54, 1.807) is 0 Å². The number of hydrogen-bond acceptors (Lipinski definition) is 3. The summed E-state index contributed by atoms with van der Waals surface area (Å²) in [5.41, 5.74) is 13.6. The largest absolute Gasteiger partial charge is 0.309 e. The van der Waals surface area contributed by atoms with Crippen molar-refractivity contribution in [3.05, 3.63) is 193 Å². The molecule has 0 N–H and O–H groups in total. The van der Waals surface area contributed by atoms with Crippen LogP contribution in [0.25, 0.3) is 94.7 Å². The molecule has 0 fully saturated rings. The van der Waals surface area contributed by atoms with Gasteiger partial charge in [-0.15, -0.1) is 0 Å². The van der Waals surface area contributed by atoms with Crippen molar-refractivity contribution in [2.75, 3.05) is 0 Å². The third-order valence-corrected chi connectivity index (χ3v) is 11.6. The summed E-state index contributed by atoms with van der Waals surface area (Å²) >= 11 is 0. The Bertz CT molecular complexity index is 3090. The fourth-order valence-electron chi connectivity index (χ4n) is 8.76. The quantitative estimate of drug-likeness (QED) is 0.178. The van der Waals surface area contributed by atoms with E-state index in [2.05, 4.69) is 164 Å². The lowest BCUT2D eigenvalue weighted by Gasteiger charge is -2.22. The van der Waals surface area contributed by atoms with Crippen LogP contribution in [0.2, 0.25) is 0 Å². The molecule has 0 saturated heterocycles. The molecule has 0 unspecified atom stereocenters. The lowest BCUT2D eigenvalue weighted by atomic mass is 9.81. The van der Waals surface area contributed by atoms with Crippen LogP contribution in [0.5, 0.6) is 0 Å². The molecule has 2 heterocycles. The van der Waals surface area contributed by atoms with Crippen molar-refractivity contribution < 1.29 is 0 Å². The van der Waals surface area contributed by atoms with Crippen molar-refractivity contribution in [2.24, 2.45) is 0 Å². The first-order valence-electron chi connectivity index (χ1n) is 19.2. The first kappa shape index (κ1) is 32.3. The van der Waals surface area contributed by atoms with Gasteiger partial charge in [0.05, 0.1) is 11.0 Å². The van der Waals surface area contributed by atoms with Crippen LogP contribution in [0.15, 0.2) is 182 Å². The van der Waals surface area contributed by atoms with Crippen molar-refractivity contribution in [2.45, 2.75) is 19.3 Å². The molecule has 0 radical (unpaired) electrons. The standard InChI is InChI=1S/C52H36N4/c1-52(2)45-30-37-23-13-12-22-36(37)29-42(45)43-31-44-41-24-14-15-25-47(41)56(48(44)32-46(43)52)40-27-38(33-16-6-3-7-17-33)26-39(28-40)51-54-49(34-18-8-4-9-19-34)53-50(55-51)35-20-10-5-11-21-35/h3-32H,1-2H3. The number of rotatable bonds is 5. The van der Waals surface area contributed by atoms with Crippen LogP contribution in [0.4, 0.5) is 0 Å². The van der Waals surface area contributed by atoms with Gasteiger partial charge in [0.25, 0.3) is 0 Å². The lowest BCUT2D eigenvalue weighted by molar-refractivity contribution is 0.662. The number of para-hydroxylation sites is 1. The first-order valence-corrected chi connectivity index (χ1v) is 19.2. The fourth-order valence-corrected chi connectivity index (χ4v) is 8.76. The Labute approximate surface area is 325 Å². The highest BCUT2D eigenvalue weighted by atomic mass is 15.0. The van der Waals surface area contributed by atoms with Gasteiger partial charge < -0.3 is 4.57 Å². The summed E-state index contributed by atoms with van der Waals surface area (Å²) in [6.07, 6.45) is 0. The fraction of sp³-hybridized carbons (Fsp3) is 0.0577. The monoisotopic (exact) mass is 716 g/mol. The highest BCUT2D eigenvalue weighted by molar-refractivity contribution is 6.12. The molecule has 0 saturated carbocycles. The summed E-state index contributed by atoms with van der Waals surface area (Å²) in [7, 11) is 0. The second-order valence-corrected chi connectivity index (χ2v) is 15.3. The Balaban J connectivity index is 1.18. The third-order valence-electron chi connectivity index (χ3n) is 11.6. The van der Waals surface area contributed by atoms with E-state index in [9.17, 15) is 0 Å². The molecule has 4 nitrogen and oxygen atoms in total. The van der Waals surface area contributed by atoms with Gasteiger partial charge in [-0.25, -0.2) is 15.0 Å². The van der Waals surface area contributed by atoms with Crippen molar-refractivity contribution in [3.63, 3.8) is 0 Å². The Morgan fingerprint density at radius 3 is 1.54 bits per heavy atom. The Kier molecular flexibility index (Phi) is 7.17.